The van der Waals surface area contributed by atoms with Crippen LogP contribution in [0.3, 0.4) is 0 Å². The first-order valence-electron chi connectivity index (χ1n) is 7.74. The highest BCUT2D eigenvalue weighted by Crippen LogP contribution is 2.30. The van der Waals surface area contributed by atoms with E-state index in [0.717, 1.165) is 29.3 Å². The van der Waals surface area contributed by atoms with Crippen molar-refractivity contribution in [2.24, 2.45) is 0 Å². The predicted molar refractivity (Wildman–Crippen MR) is 95.7 cm³/mol. The van der Waals surface area contributed by atoms with Crippen LogP contribution in [-0.4, -0.2) is 11.2 Å². The summed E-state index contributed by atoms with van der Waals surface area (Å²) in [6, 6.07) is 14.9. The van der Waals surface area contributed by atoms with Gasteiger partial charge in [-0.3, -0.25) is 0 Å². The first-order chi connectivity index (χ1) is 10.7. The molecule has 0 heterocycles. The van der Waals surface area contributed by atoms with E-state index in [1.165, 1.54) is 0 Å². The zero-order chi connectivity index (χ0) is 17.1. The lowest BCUT2D eigenvalue weighted by molar-refractivity contribution is 0.00507. The van der Waals surface area contributed by atoms with Gasteiger partial charge in [0.2, 0.25) is 0 Å². The molecule has 0 fully saturated rings. The molecule has 4 nitrogen and oxygen atoms in total. The van der Waals surface area contributed by atoms with Crippen LogP contribution >= 0.6 is 0 Å². The highest BCUT2D eigenvalue weighted by Gasteiger charge is 2.32. The zero-order valence-electron chi connectivity index (χ0n) is 14.3. The number of hydrogen-bond donors (Lipinski definition) is 2. The van der Waals surface area contributed by atoms with Crippen molar-refractivity contribution >= 4 is 11.4 Å². The number of benzene rings is 2. The number of nitrogens with two attached hydrogens (primary N) is 2. The highest BCUT2D eigenvalue weighted by molar-refractivity contribution is 5.42. The molecule has 0 bridgehead atoms. The lowest BCUT2D eigenvalue weighted by Gasteiger charge is -2.35. The van der Waals surface area contributed by atoms with Gasteiger partial charge in [-0.15, -0.1) is 0 Å². The summed E-state index contributed by atoms with van der Waals surface area (Å²) in [5.74, 6) is 1.60. The molecule has 0 unspecified atom stereocenters. The summed E-state index contributed by atoms with van der Waals surface area (Å²) in [5.41, 5.74) is 12.1. The van der Waals surface area contributed by atoms with Gasteiger partial charge in [0.1, 0.15) is 22.7 Å². The zero-order valence-corrected chi connectivity index (χ0v) is 14.3. The molecule has 2 aromatic rings. The van der Waals surface area contributed by atoms with E-state index >= 15 is 0 Å². The fourth-order valence-electron chi connectivity index (χ4n) is 2.81. The quantitative estimate of drug-likeness (QED) is 0.782. The molecule has 0 saturated carbocycles. The maximum atomic E-state index is 6.09. The topological polar surface area (TPSA) is 70.5 Å². The Morgan fingerprint density at radius 2 is 0.957 bits per heavy atom. The fourth-order valence-corrected chi connectivity index (χ4v) is 2.81. The number of rotatable bonds is 6. The van der Waals surface area contributed by atoms with E-state index in [-0.39, 0.29) is 11.2 Å². The normalized spacial score (nSPS) is 12.0. The van der Waals surface area contributed by atoms with Gasteiger partial charge in [0.05, 0.1) is 0 Å². The second-order valence-electron chi connectivity index (χ2n) is 7.04. The Labute approximate surface area is 138 Å². The number of anilines is 2. The molecule has 2 aromatic carbocycles. The van der Waals surface area contributed by atoms with Crippen molar-refractivity contribution in [3.05, 3.63) is 48.5 Å². The van der Waals surface area contributed by atoms with E-state index in [9.17, 15) is 0 Å². The standard InChI is InChI=1S/C19H26N2O2/c1-18(2,22-16-9-5-14(20)6-10-16)13-19(3,4)23-17-11-7-15(21)8-12-17/h5-12H,13,20-21H2,1-4H3. The molecule has 23 heavy (non-hydrogen) atoms. The Kier molecular flexibility index (Phi) is 4.73. The van der Waals surface area contributed by atoms with Gasteiger partial charge in [0, 0.05) is 17.8 Å². The molecule has 0 spiro atoms. The highest BCUT2D eigenvalue weighted by atomic mass is 16.5. The van der Waals surface area contributed by atoms with Crippen molar-refractivity contribution < 1.29 is 9.47 Å². The minimum Gasteiger partial charge on any atom is -0.488 e. The van der Waals surface area contributed by atoms with Gasteiger partial charge in [-0.05, 0) is 76.2 Å². The summed E-state index contributed by atoms with van der Waals surface area (Å²) < 4.78 is 12.2. The average Bonchev–Trinajstić information content (AvgIpc) is 2.42. The van der Waals surface area contributed by atoms with Gasteiger partial charge < -0.3 is 20.9 Å². The van der Waals surface area contributed by atoms with Crippen LogP contribution in [0.1, 0.15) is 34.1 Å². The van der Waals surface area contributed by atoms with Crippen LogP contribution in [-0.2, 0) is 0 Å². The van der Waals surface area contributed by atoms with Crippen molar-refractivity contribution in [3.8, 4) is 11.5 Å². The molecular weight excluding hydrogens is 288 g/mol. The minimum atomic E-state index is -0.382. The Hall–Kier alpha value is -2.36. The summed E-state index contributed by atoms with van der Waals surface area (Å²) in [4.78, 5) is 0. The molecule has 4 heteroatoms. The number of nitrogen functional groups attached to an aromatic ring is 2. The summed E-state index contributed by atoms with van der Waals surface area (Å²) >= 11 is 0. The molecular formula is C19H26N2O2. The van der Waals surface area contributed by atoms with E-state index in [1.54, 1.807) is 0 Å². The molecule has 2 rings (SSSR count). The summed E-state index contributed by atoms with van der Waals surface area (Å²) in [6.45, 7) is 8.21. The van der Waals surface area contributed by atoms with Crippen LogP contribution in [0.25, 0.3) is 0 Å². The van der Waals surface area contributed by atoms with Crippen molar-refractivity contribution in [3.63, 3.8) is 0 Å². The van der Waals surface area contributed by atoms with Gasteiger partial charge in [-0.2, -0.15) is 0 Å². The molecule has 0 atom stereocenters. The molecule has 0 amide bonds. The lowest BCUT2D eigenvalue weighted by atomic mass is 9.92. The largest absolute Gasteiger partial charge is 0.488 e. The van der Waals surface area contributed by atoms with E-state index < -0.39 is 0 Å². The third kappa shape index (κ3) is 5.40. The Balaban J connectivity index is 2.02. The van der Waals surface area contributed by atoms with Gasteiger partial charge in [-0.25, -0.2) is 0 Å². The Bertz CT molecular complexity index is 574. The summed E-state index contributed by atoms with van der Waals surface area (Å²) in [5, 5.41) is 0. The van der Waals surface area contributed by atoms with Crippen LogP contribution in [0.5, 0.6) is 11.5 Å². The third-order valence-corrected chi connectivity index (χ3v) is 3.40. The van der Waals surface area contributed by atoms with Gasteiger partial charge in [0.25, 0.3) is 0 Å². The molecule has 4 N–H and O–H groups in total. The molecule has 0 aliphatic carbocycles. The van der Waals surface area contributed by atoms with Crippen LogP contribution in [0.15, 0.2) is 48.5 Å². The maximum absolute atomic E-state index is 6.09. The predicted octanol–water partition coefficient (Wildman–Crippen LogP) is 4.26. The van der Waals surface area contributed by atoms with Gasteiger partial charge >= 0.3 is 0 Å². The van der Waals surface area contributed by atoms with Crippen LogP contribution in [0.4, 0.5) is 11.4 Å². The number of hydrogen-bond acceptors (Lipinski definition) is 4. The van der Waals surface area contributed by atoms with E-state index in [4.69, 9.17) is 20.9 Å². The lowest BCUT2D eigenvalue weighted by Crippen LogP contribution is -2.41. The van der Waals surface area contributed by atoms with Crippen molar-refractivity contribution in [2.75, 3.05) is 11.5 Å². The van der Waals surface area contributed by atoms with Crippen molar-refractivity contribution in [1.82, 2.24) is 0 Å². The molecule has 0 aromatic heterocycles. The Morgan fingerprint density at radius 1 is 0.652 bits per heavy atom. The maximum Gasteiger partial charge on any atom is 0.120 e. The van der Waals surface area contributed by atoms with Crippen LogP contribution < -0.4 is 20.9 Å². The molecule has 124 valence electrons. The van der Waals surface area contributed by atoms with E-state index in [2.05, 4.69) is 27.7 Å². The Morgan fingerprint density at radius 3 is 1.26 bits per heavy atom. The molecule has 0 saturated heterocycles. The van der Waals surface area contributed by atoms with Gasteiger partial charge in [0.15, 0.2) is 0 Å². The second kappa shape index (κ2) is 6.41. The second-order valence-corrected chi connectivity index (χ2v) is 7.04. The molecule has 0 radical (unpaired) electrons. The molecule has 0 aliphatic heterocycles. The molecule has 0 aliphatic rings. The third-order valence-electron chi connectivity index (χ3n) is 3.40. The monoisotopic (exact) mass is 314 g/mol. The van der Waals surface area contributed by atoms with E-state index in [0.29, 0.717) is 0 Å². The summed E-state index contributed by atoms with van der Waals surface area (Å²) in [6.07, 6.45) is 0.717. The fraction of sp³-hybridized carbons (Fsp3) is 0.368. The van der Waals surface area contributed by atoms with Crippen molar-refractivity contribution in [1.29, 1.82) is 0 Å². The smallest absolute Gasteiger partial charge is 0.120 e. The SMILES string of the molecule is CC(C)(CC(C)(C)Oc1ccc(N)cc1)Oc1ccc(N)cc1. The first kappa shape index (κ1) is 17.0. The number of ether oxygens (including phenoxy) is 2. The first-order valence-corrected chi connectivity index (χ1v) is 7.74. The van der Waals surface area contributed by atoms with Crippen LogP contribution in [0, 0.1) is 0 Å². The minimum absolute atomic E-state index is 0.382. The average molecular weight is 314 g/mol. The van der Waals surface area contributed by atoms with Crippen LogP contribution in [0.2, 0.25) is 0 Å². The van der Waals surface area contributed by atoms with Gasteiger partial charge in [-0.1, -0.05) is 0 Å². The van der Waals surface area contributed by atoms with E-state index in [1.807, 2.05) is 48.5 Å². The summed E-state index contributed by atoms with van der Waals surface area (Å²) in [7, 11) is 0. The van der Waals surface area contributed by atoms with Crippen molar-refractivity contribution in [2.45, 2.75) is 45.3 Å².